The highest BCUT2D eigenvalue weighted by Gasteiger charge is 2.42. The highest BCUT2D eigenvalue weighted by atomic mass is 19.1. The molecule has 0 N–H and O–H groups in total. The number of hydrogen-bond acceptors (Lipinski definition) is 2. The van der Waals surface area contributed by atoms with Crippen LogP contribution in [0.1, 0.15) is 44.7 Å². The number of carbonyl (C=O) groups excluding carboxylic acids is 2. The molecule has 4 nitrogen and oxygen atoms in total. The van der Waals surface area contributed by atoms with Crippen LogP contribution in [0, 0.1) is 23.6 Å². The third kappa shape index (κ3) is 3.55. The number of nitrogens with zero attached hydrogens (tertiary/aromatic N) is 2. The molecule has 5 heteroatoms. The maximum atomic E-state index is 14.4. The number of benzene rings is 1. The van der Waals surface area contributed by atoms with Crippen LogP contribution in [-0.4, -0.2) is 41.8 Å². The topological polar surface area (TPSA) is 40.6 Å². The minimum atomic E-state index is -0.525. The molecular weight excluding hydrogens is 319 g/mol. The summed E-state index contributed by atoms with van der Waals surface area (Å²) in [5.74, 6) is 0.248. The van der Waals surface area contributed by atoms with Crippen molar-refractivity contribution in [2.24, 2.45) is 17.8 Å². The zero-order valence-electron chi connectivity index (χ0n) is 15.2. The van der Waals surface area contributed by atoms with Crippen molar-refractivity contribution in [1.82, 2.24) is 9.80 Å². The molecule has 0 aliphatic carbocycles. The standard InChI is InChI=1S/C20H27FN2O2/c1-13-10-14(2)12-23(11-13)20(25)16-8-9-18(24)22(3)19(16)15-6-4-5-7-17(15)21/h4-7,13-14,16,19H,8-12H2,1-3H3/t13-,14+,16-,19-/m0/s1. The predicted octanol–water partition coefficient (Wildman–Crippen LogP) is 3.24. The third-order valence-electron chi connectivity index (χ3n) is 5.58. The van der Waals surface area contributed by atoms with Gasteiger partial charge in [0.15, 0.2) is 0 Å². The van der Waals surface area contributed by atoms with E-state index in [9.17, 15) is 14.0 Å². The van der Waals surface area contributed by atoms with Gasteiger partial charge in [0.05, 0.1) is 12.0 Å². The van der Waals surface area contributed by atoms with Crippen LogP contribution < -0.4 is 0 Å². The van der Waals surface area contributed by atoms with Gasteiger partial charge in [-0.3, -0.25) is 9.59 Å². The maximum absolute atomic E-state index is 14.4. The molecular formula is C20H27FN2O2. The van der Waals surface area contributed by atoms with E-state index >= 15 is 0 Å². The van der Waals surface area contributed by atoms with Gasteiger partial charge in [-0.1, -0.05) is 32.0 Å². The van der Waals surface area contributed by atoms with Crippen LogP contribution in [0.15, 0.2) is 24.3 Å². The second-order valence-corrected chi connectivity index (χ2v) is 7.81. The first-order valence-corrected chi connectivity index (χ1v) is 9.17. The van der Waals surface area contributed by atoms with Crippen LogP contribution in [0.2, 0.25) is 0 Å². The van der Waals surface area contributed by atoms with Crippen LogP contribution >= 0.6 is 0 Å². The Morgan fingerprint density at radius 1 is 1.16 bits per heavy atom. The van der Waals surface area contributed by atoms with E-state index in [-0.39, 0.29) is 23.5 Å². The maximum Gasteiger partial charge on any atom is 0.228 e. The molecule has 0 unspecified atom stereocenters. The average Bonchev–Trinajstić information content (AvgIpc) is 2.56. The van der Waals surface area contributed by atoms with Gasteiger partial charge in [0, 0.05) is 32.1 Å². The number of likely N-dealkylation sites (tertiary alicyclic amines) is 2. The van der Waals surface area contributed by atoms with Crippen molar-refractivity contribution in [3.8, 4) is 0 Å². The van der Waals surface area contributed by atoms with Gasteiger partial charge in [0.2, 0.25) is 11.8 Å². The number of rotatable bonds is 2. The molecule has 25 heavy (non-hydrogen) atoms. The van der Waals surface area contributed by atoms with E-state index in [2.05, 4.69) is 13.8 Å². The van der Waals surface area contributed by atoms with E-state index in [0.717, 1.165) is 19.5 Å². The fourth-order valence-electron chi connectivity index (χ4n) is 4.51. The molecule has 0 aromatic heterocycles. The normalized spacial score (nSPS) is 30.5. The molecule has 4 atom stereocenters. The molecule has 2 aliphatic heterocycles. The first-order valence-electron chi connectivity index (χ1n) is 9.17. The summed E-state index contributed by atoms with van der Waals surface area (Å²) in [5, 5.41) is 0. The van der Waals surface area contributed by atoms with Crippen molar-refractivity contribution in [2.45, 2.75) is 39.2 Å². The smallest absolute Gasteiger partial charge is 0.228 e. The Hall–Kier alpha value is -1.91. The van der Waals surface area contributed by atoms with E-state index in [1.165, 1.54) is 6.07 Å². The highest BCUT2D eigenvalue weighted by molar-refractivity contribution is 5.85. The second kappa shape index (κ2) is 7.14. The lowest BCUT2D eigenvalue weighted by Crippen LogP contribution is -2.51. The molecule has 3 rings (SSSR count). The fraction of sp³-hybridized carbons (Fsp3) is 0.600. The van der Waals surface area contributed by atoms with Crippen LogP contribution in [0.4, 0.5) is 4.39 Å². The summed E-state index contributed by atoms with van der Waals surface area (Å²) in [5.41, 5.74) is 0.439. The molecule has 1 aromatic carbocycles. The van der Waals surface area contributed by atoms with Gasteiger partial charge in [-0.15, -0.1) is 0 Å². The van der Waals surface area contributed by atoms with Crippen LogP contribution in [0.25, 0.3) is 0 Å². The average molecular weight is 346 g/mol. The molecule has 2 aliphatic rings. The SMILES string of the molecule is C[C@@H]1C[C@H](C)CN(C(=O)[C@H]2CCC(=O)N(C)[C@H]2c2ccccc2F)C1. The summed E-state index contributed by atoms with van der Waals surface area (Å²) in [7, 11) is 1.68. The quantitative estimate of drug-likeness (QED) is 0.825. The Bertz CT molecular complexity index is 653. The Kier molecular flexibility index (Phi) is 5.11. The zero-order chi connectivity index (χ0) is 18.1. The van der Waals surface area contributed by atoms with Crippen LogP contribution in [0.3, 0.4) is 0 Å². The van der Waals surface area contributed by atoms with Gasteiger partial charge >= 0.3 is 0 Å². The number of piperidine rings is 2. The molecule has 0 radical (unpaired) electrons. The molecule has 1 aromatic rings. The van der Waals surface area contributed by atoms with Crippen LogP contribution in [0.5, 0.6) is 0 Å². The lowest BCUT2D eigenvalue weighted by molar-refractivity contribution is -0.148. The number of carbonyl (C=O) groups is 2. The van der Waals surface area contributed by atoms with Gasteiger partial charge in [0.25, 0.3) is 0 Å². The van der Waals surface area contributed by atoms with Crippen molar-refractivity contribution in [3.63, 3.8) is 0 Å². The monoisotopic (exact) mass is 346 g/mol. The van der Waals surface area contributed by atoms with Crippen molar-refractivity contribution in [3.05, 3.63) is 35.6 Å². The largest absolute Gasteiger partial charge is 0.342 e. The summed E-state index contributed by atoms with van der Waals surface area (Å²) in [6.45, 7) is 5.84. The molecule has 0 spiro atoms. The summed E-state index contributed by atoms with van der Waals surface area (Å²) in [6.07, 6.45) is 1.96. The molecule has 136 valence electrons. The van der Waals surface area contributed by atoms with Gasteiger partial charge in [-0.2, -0.15) is 0 Å². The van der Waals surface area contributed by atoms with Gasteiger partial charge in [0.1, 0.15) is 5.82 Å². The molecule has 2 amide bonds. The Labute approximate surface area is 149 Å². The van der Waals surface area contributed by atoms with E-state index in [0.29, 0.717) is 30.2 Å². The second-order valence-electron chi connectivity index (χ2n) is 7.81. The first-order chi connectivity index (χ1) is 11.9. The van der Waals surface area contributed by atoms with Crippen molar-refractivity contribution >= 4 is 11.8 Å². The van der Waals surface area contributed by atoms with Gasteiger partial charge in [-0.25, -0.2) is 4.39 Å². The van der Waals surface area contributed by atoms with E-state index in [1.807, 2.05) is 4.90 Å². The Balaban J connectivity index is 1.91. The minimum absolute atomic E-state index is 0.0299. The highest BCUT2D eigenvalue weighted by Crippen LogP contribution is 2.38. The summed E-state index contributed by atoms with van der Waals surface area (Å²) >= 11 is 0. The molecule has 2 fully saturated rings. The van der Waals surface area contributed by atoms with Crippen LogP contribution in [-0.2, 0) is 9.59 Å². The zero-order valence-corrected chi connectivity index (χ0v) is 15.2. The van der Waals surface area contributed by atoms with Crippen molar-refractivity contribution in [1.29, 1.82) is 0 Å². The summed E-state index contributed by atoms with van der Waals surface area (Å²) in [6, 6.07) is 5.96. The van der Waals surface area contributed by atoms with E-state index in [1.54, 1.807) is 30.1 Å². The predicted molar refractivity (Wildman–Crippen MR) is 94.2 cm³/mol. The fourth-order valence-corrected chi connectivity index (χ4v) is 4.51. The Morgan fingerprint density at radius 3 is 2.44 bits per heavy atom. The molecule has 2 heterocycles. The van der Waals surface area contributed by atoms with Crippen molar-refractivity contribution in [2.75, 3.05) is 20.1 Å². The summed E-state index contributed by atoms with van der Waals surface area (Å²) in [4.78, 5) is 29.0. The lowest BCUT2D eigenvalue weighted by atomic mass is 9.82. The van der Waals surface area contributed by atoms with Gasteiger partial charge < -0.3 is 9.80 Å². The lowest BCUT2D eigenvalue weighted by Gasteiger charge is -2.43. The summed E-state index contributed by atoms with van der Waals surface area (Å²) < 4.78 is 14.4. The minimum Gasteiger partial charge on any atom is -0.342 e. The van der Waals surface area contributed by atoms with Gasteiger partial charge in [-0.05, 0) is 30.7 Å². The number of halogens is 1. The van der Waals surface area contributed by atoms with E-state index in [4.69, 9.17) is 0 Å². The Morgan fingerprint density at radius 2 is 1.80 bits per heavy atom. The number of hydrogen-bond donors (Lipinski definition) is 0. The third-order valence-corrected chi connectivity index (χ3v) is 5.58. The van der Waals surface area contributed by atoms with E-state index < -0.39 is 6.04 Å². The number of amides is 2. The first kappa shape index (κ1) is 17.9. The molecule has 2 saturated heterocycles. The molecule has 0 bridgehead atoms. The molecule has 0 saturated carbocycles. The van der Waals surface area contributed by atoms with Crippen molar-refractivity contribution < 1.29 is 14.0 Å².